The lowest BCUT2D eigenvalue weighted by atomic mass is 10.0. The van der Waals surface area contributed by atoms with Gasteiger partial charge < -0.3 is 14.8 Å². The number of halogens is 1. The summed E-state index contributed by atoms with van der Waals surface area (Å²) >= 11 is 3.36. The van der Waals surface area contributed by atoms with Crippen molar-refractivity contribution < 1.29 is 14.3 Å². The Morgan fingerprint density at radius 3 is 2.95 bits per heavy atom. The second kappa shape index (κ2) is 9.18. The van der Waals surface area contributed by atoms with Gasteiger partial charge in [0.2, 0.25) is 0 Å². The third-order valence-electron chi connectivity index (χ3n) is 3.53. The largest absolute Gasteiger partial charge is 0.381 e. The molecule has 0 aromatic heterocycles. The third kappa shape index (κ3) is 6.16. The molecule has 1 aliphatic heterocycles. The molecule has 2 rings (SSSR count). The summed E-state index contributed by atoms with van der Waals surface area (Å²) in [6.07, 6.45) is 3.03. The van der Waals surface area contributed by atoms with Crippen LogP contribution < -0.4 is 5.32 Å². The Balaban J connectivity index is 1.54. The molecule has 1 fully saturated rings. The van der Waals surface area contributed by atoms with Crippen LogP contribution in [0.4, 0.5) is 0 Å². The molecule has 1 aromatic rings. The molecule has 0 saturated carbocycles. The molecule has 0 bridgehead atoms. The summed E-state index contributed by atoms with van der Waals surface area (Å²) in [5.41, 5.74) is 0.674. The van der Waals surface area contributed by atoms with Crippen LogP contribution in [0, 0.1) is 5.92 Å². The zero-order valence-corrected chi connectivity index (χ0v) is 13.7. The Hall–Kier alpha value is -0.910. The predicted molar refractivity (Wildman–Crippen MR) is 85.5 cm³/mol. The molecule has 0 aliphatic carbocycles. The molecule has 0 radical (unpaired) electrons. The van der Waals surface area contributed by atoms with Crippen LogP contribution in [0.3, 0.4) is 0 Å². The van der Waals surface area contributed by atoms with Crippen LogP contribution in [-0.4, -0.2) is 38.9 Å². The Bertz CT molecular complexity index is 447. The Kier molecular flexibility index (Phi) is 7.19. The molecule has 5 heteroatoms. The Morgan fingerprint density at radius 1 is 1.38 bits per heavy atom. The average molecular weight is 356 g/mol. The molecule has 1 amide bonds. The van der Waals surface area contributed by atoms with E-state index in [4.69, 9.17) is 9.47 Å². The Labute approximate surface area is 134 Å². The smallest absolute Gasteiger partial charge is 0.251 e. The first-order chi connectivity index (χ1) is 10.3. The van der Waals surface area contributed by atoms with Gasteiger partial charge in [0.05, 0.1) is 0 Å². The highest BCUT2D eigenvalue weighted by molar-refractivity contribution is 9.10. The van der Waals surface area contributed by atoms with Gasteiger partial charge in [0.25, 0.3) is 5.91 Å². The van der Waals surface area contributed by atoms with E-state index < -0.39 is 0 Å². The summed E-state index contributed by atoms with van der Waals surface area (Å²) in [4.78, 5) is 11.9. The predicted octanol–water partition coefficient (Wildman–Crippen LogP) is 3.01. The van der Waals surface area contributed by atoms with Gasteiger partial charge in [-0.25, -0.2) is 0 Å². The molecule has 1 N–H and O–H groups in total. The van der Waals surface area contributed by atoms with Crippen molar-refractivity contribution in [3.63, 3.8) is 0 Å². The van der Waals surface area contributed by atoms with Gasteiger partial charge >= 0.3 is 0 Å². The number of benzene rings is 1. The number of carbonyl (C=O) groups excluding carboxylic acids is 1. The number of rotatable bonds is 7. The van der Waals surface area contributed by atoms with Gasteiger partial charge in [0.15, 0.2) is 0 Å². The lowest BCUT2D eigenvalue weighted by Crippen LogP contribution is -2.26. The van der Waals surface area contributed by atoms with Crippen LogP contribution in [0.5, 0.6) is 0 Å². The topological polar surface area (TPSA) is 47.6 Å². The van der Waals surface area contributed by atoms with Gasteiger partial charge in [-0.1, -0.05) is 22.0 Å². The summed E-state index contributed by atoms with van der Waals surface area (Å²) in [6, 6.07) is 7.38. The van der Waals surface area contributed by atoms with Crippen molar-refractivity contribution in [1.29, 1.82) is 0 Å². The fourth-order valence-corrected chi connectivity index (χ4v) is 2.67. The minimum Gasteiger partial charge on any atom is -0.381 e. The van der Waals surface area contributed by atoms with Crippen molar-refractivity contribution in [2.24, 2.45) is 5.92 Å². The quantitative estimate of drug-likeness (QED) is 0.764. The molecule has 0 unspecified atom stereocenters. The molecule has 1 aromatic carbocycles. The van der Waals surface area contributed by atoms with Crippen LogP contribution in [0.2, 0.25) is 0 Å². The van der Waals surface area contributed by atoms with E-state index in [-0.39, 0.29) is 5.91 Å². The van der Waals surface area contributed by atoms with E-state index in [0.717, 1.165) is 43.6 Å². The monoisotopic (exact) mass is 355 g/mol. The summed E-state index contributed by atoms with van der Waals surface area (Å²) in [6.45, 7) is 3.85. The molecule has 21 heavy (non-hydrogen) atoms. The zero-order valence-electron chi connectivity index (χ0n) is 12.1. The third-order valence-corrected chi connectivity index (χ3v) is 4.03. The van der Waals surface area contributed by atoms with Gasteiger partial charge in [-0.2, -0.15) is 0 Å². The molecule has 0 atom stereocenters. The molecule has 116 valence electrons. The fraction of sp³-hybridized carbons (Fsp3) is 0.562. The molecule has 1 aliphatic rings. The highest BCUT2D eigenvalue weighted by Crippen LogP contribution is 2.14. The maximum absolute atomic E-state index is 11.9. The van der Waals surface area contributed by atoms with Crippen LogP contribution in [0.25, 0.3) is 0 Å². The summed E-state index contributed by atoms with van der Waals surface area (Å²) in [7, 11) is 0. The SMILES string of the molecule is O=C(NCCCOCC1CCOCC1)c1cccc(Br)c1. The number of ether oxygens (including phenoxy) is 2. The fourth-order valence-electron chi connectivity index (χ4n) is 2.27. The van der Waals surface area contributed by atoms with Crippen LogP contribution >= 0.6 is 15.9 Å². The lowest BCUT2D eigenvalue weighted by molar-refractivity contribution is 0.0202. The number of amides is 1. The minimum absolute atomic E-state index is 0.0410. The van der Waals surface area contributed by atoms with E-state index >= 15 is 0 Å². The van der Waals surface area contributed by atoms with Gasteiger partial charge in [-0.15, -0.1) is 0 Å². The zero-order chi connectivity index (χ0) is 14.9. The van der Waals surface area contributed by atoms with Crippen molar-refractivity contribution in [2.75, 3.05) is 33.0 Å². The Morgan fingerprint density at radius 2 is 2.19 bits per heavy atom. The minimum atomic E-state index is -0.0410. The molecule has 0 spiro atoms. The molecular weight excluding hydrogens is 334 g/mol. The number of hydrogen-bond donors (Lipinski definition) is 1. The van der Waals surface area contributed by atoms with E-state index in [1.807, 2.05) is 24.3 Å². The van der Waals surface area contributed by atoms with Crippen molar-refractivity contribution in [1.82, 2.24) is 5.32 Å². The van der Waals surface area contributed by atoms with Gasteiger partial charge in [0.1, 0.15) is 0 Å². The summed E-state index contributed by atoms with van der Waals surface area (Å²) < 4.78 is 11.9. The molecule has 1 saturated heterocycles. The van der Waals surface area contributed by atoms with Crippen molar-refractivity contribution in [3.05, 3.63) is 34.3 Å². The van der Waals surface area contributed by atoms with E-state index in [2.05, 4.69) is 21.2 Å². The lowest BCUT2D eigenvalue weighted by Gasteiger charge is -2.21. The van der Waals surface area contributed by atoms with E-state index in [1.54, 1.807) is 0 Å². The first-order valence-electron chi connectivity index (χ1n) is 7.45. The maximum atomic E-state index is 11.9. The first kappa shape index (κ1) is 16.5. The van der Waals surface area contributed by atoms with E-state index in [1.165, 1.54) is 0 Å². The van der Waals surface area contributed by atoms with Crippen LogP contribution in [0.15, 0.2) is 28.7 Å². The number of hydrogen-bond acceptors (Lipinski definition) is 3. The second-order valence-corrected chi connectivity index (χ2v) is 6.17. The van der Waals surface area contributed by atoms with Gasteiger partial charge in [0, 0.05) is 43.0 Å². The normalized spacial score (nSPS) is 15.9. The second-order valence-electron chi connectivity index (χ2n) is 5.25. The van der Waals surface area contributed by atoms with Crippen molar-refractivity contribution in [3.8, 4) is 0 Å². The molecular formula is C16H22BrNO3. The summed E-state index contributed by atoms with van der Waals surface area (Å²) in [5.74, 6) is 0.593. The molecule has 1 heterocycles. The average Bonchev–Trinajstić information content (AvgIpc) is 2.51. The highest BCUT2D eigenvalue weighted by atomic mass is 79.9. The molecule has 4 nitrogen and oxygen atoms in total. The van der Waals surface area contributed by atoms with Gasteiger partial charge in [-0.3, -0.25) is 4.79 Å². The number of nitrogens with one attached hydrogen (secondary N) is 1. The van der Waals surface area contributed by atoms with Crippen molar-refractivity contribution in [2.45, 2.75) is 19.3 Å². The standard InChI is InChI=1S/C16H22BrNO3/c17-15-4-1-3-14(11-15)16(19)18-7-2-8-21-12-13-5-9-20-10-6-13/h1,3-4,11,13H,2,5-10,12H2,(H,18,19). The van der Waals surface area contributed by atoms with Crippen molar-refractivity contribution >= 4 is 21.8 Å². The highest BCUT2D eigenvalue weighted by Gasteiger charge is 2.13. The number of carbonyl (C=O) groups is 1. The van der Waals surface area contributed by atoms with Gasteiger partial charge in [-0.05, 0) is 43.4 Å². The maximum Gasteiger partial charge on any atom is 0.251 e. The van der Waals surface area contributed by atoms with E-state index in [0.29, 0.717) is 24.6 Å². The first-order valence-corrected chi connectivity index (χ1v) is 8.24. The van der Waals surface area contributed by atoms with Crippen LogP contribution in [-0.2, 0) is 9.47 Å². The van der Waals surface area contributed by atoms with Crippen LogP contribution in [0.1, 0.15) is 29.6 Å². The summed E-state index contributed by atoms with van der Waals surface area (Å²) in [5, 5.41) is 2.90. The van der Waals surface area contributed by atoms with E-state index in [9.17, 15) is 4.79 Å².